The number of rotatable bonds is 8. The summed E-state index contributed by atoms with van der Waals surface area (Å²) in [6.45, 7) is 11.0. The summed E-state index contributed by atoms with van der Waals surface area (Å²) in [4.78, 5) is 0. The lowest BCUT2D eigenvalue weighted by Gasteiger charge is -2.29. The normalized spacial score (nSPS) is 22.6. The molecule has 1 aromatic heterocycles. The van der Waals surface area contributed by atoms with E-state index in [4.69, 9.17) is 5.10 Å². The van der Waals surface area contributed by atoms with Gasteiger partial charge in [-0.2, -0.15) is 5.10 Å². The third-order valence-corrected chi connectivity index (χ3v) is 7.57. The first-order valence-corrected chi connectivity index (χ1v) is 12.7. The second-order valence-corrected chi connectivity index (χ2v) is 10.4. The van der Waals surface area contributed by atoms with Crippen molar-refractivity contribution in [3.8, 4) is 11.1 Å². The highest BCUT2D eigenvalue weighted by Gasteiger charge is 2.28. The number of aromatic nitrogens is 2. The molecule has 3 heteroatoms. The molecular weight excluding hydrogens is 407 g/mol. The highest BCUT2D eigenvalue weighted by Crippen LogP contribution is 2.39. The van der Waals surface area contributed by atoms with E-state index in [0.717, 1.165) is 36.6 Å². The summed E-state index contributed by atoms with van der Waals surface area (Å²) in [6.07, 6.45) is 18.6. The topological polar surface area (TPSA) is 17.8 Å². The van der Waals surface area contributed by atoms with E-state index in [-0.39, 0.29) is 11.7 Å². The van der Waals surface area contributed by atoms with Crippen LogP contribution in [-0.2, 0) is 6.54 Å². The van der Waals surface area contributed by atoms with E-state index in [2.05, 4.69) is 42.5 Å². The Bertz CT molecular complexity index is 1030. The third kappa shape index (κ3) is 5.57. The number of allylic oxidation sites excluding steroid dienone is 5. The minimum absolute atomic E-state index is 0.119. The molecule has 0 N–H and O–H groups in total. The highest BCUT2D eigenvalue weighted by molar-refractivity contribution is 5.71. The van der Waals surface area contributed by atoms with Crippen LogP contribution in [0.2, 0.25) is 0 Å². The Labute approximate surface area is 199 Å². The molecule has 1 unspecified atom stereocenters. The average molecular weight is 447 g/mol. The van der Waals surface area contributed by atoms with Crippen LogP contribution >= 0.6 is 0 Å². The van der Waals surface area contributed by atoms with Crippen LogP contribution in [0.3, 0.4) is 0 Å². The first-order valence-electron chi connectivity index (χ1n) is 12.7. The Hall–Kier alpha value is -2.42. The summed E-state index contributed by atoms with van der Waals surface area (Å²) in [5, 5.41) is 5.00. The van der Waals surface area contributed by atoms with Crippen molar-refractivity contribution < 1.29 is 4.39 Å². The van der Waals surface area contributed by atoms with Crippen LogP contribution in [0.15, 0.2) is 54.7 Å². The smallest absolute Gasteiger partial charge is 0.134 e. The van der Waals surface area contributed by atoms with Gasteiger partial charge in [0.15, 0.2) is 0 Å². The predicted octanol–water partition coefficient (Wildman–Crippen LogP) is 8.46. The van der Waals surface area contributed by atoms with E-state index < -0.39 is 0 Å². The van der Waals surface area contributed by atoms with Crippen molar-refractivity contribution in [2.24, 2.45) is 11.8 Å². The molecule has 1 heterocycles. The second-order valence-electron chi connectivity index (χ2n) is 10.4. The quantitative estimate of drug-likeness (QED) is 0.372. The molecule has 1 fully saturated rings. The van der Waals surface area contributed by atoms with Gasteiger partial charge in [-0.3, -0.25) is 4.68 Å². The first-order chi connectivity index (χ1) is 15.9. The standard InChI is InChI=1S/C30H39FN2/c1-21(2)10-8-12-24-16-18-25(19-17-24)20-33-30(26-13-6-5-7-14-26)28(23(4)32-33)27-15-9-11-22(3)29(27)31/h5-7,9,11,13,15,24-26H,1,8,10,12,14,16-20H2,2-4H3. The van der Waals surface area contributed by atoms with Crippen LogP contribution in [0.5, 0.6) is 0 Å². The van der Waals surface area contributed by atoms with Crippen LogP contribution in [0, 0.1) is 31.5 Å². The molecule has 0 saturated heterocycles. The Balaban J connectivity index is 1.55. The maximum atomic E-state index is 15.2. The summed E-state index contributed by atoms with van der Waals surface area (Å²) in [7, 11) is 0. The van der Waals surface area contributed by atoms with Gasteiger partial charge in [-0.15, -0.1) is 6.58 Å². The molecule has 176 valence electrons. The molecule has 33 heavy (non-hydrogen) atoms. The van der Waals surface area contributed by atoms with Crippen molar-refractivity contribution in [2.75, 3.05) is 0 Å². The van der Waals surface area contributed by atoms with Crippen molar-refractivity contribution in [2.45, 2.75) is 84.6 Å². The van der Waals surface area contributed by atoms with E-state index in [0.29, 0.717) is 17.0 Å². The van der Waals surface area contributed by atoms with E-state index in [9.17, 15) is 0 Å². The molecule has 0 amide bonds. The number of hydrogen-bond donors (Lipinski definition) is 0. The number of hydrogen-bond acceptors (Lipinski definition) is 1. The van der Waals surface area contributed by atoms with Crippen molar-refractivity contribution >= 4 is 0 Å². The monoisotopic (exact) mass is 446 g/mol. The zero-order valence-corrected chi connectivity index (χ0v) is 20.6. The molecule has 1 aromatic carbocycles. The SMILES string of the molecule is C=C(C)CCCC1CCC(Cn2nc(C)c(-c3cccc(C)c3F)c2C2C=CC=CC2)CC1. The molecule has 2 aromatic rings. The van der Waals surface area contributed by atoms with Gasteiger partial charge in [0.1, 0.15) is 5.82 Å². The highest BCUT2D eigenvalue weighted by atomic mass is 19.1. The second kappa shape index (κ2) is 10.7. The molecule has 2 aliphatic carbocycles. The van der Waals surface area contributed by atoms with Gasteiger partial charge in [-0.25, -0.2) is 4.39 Å². The van der Waals surface area contributed by atoms with Crippen LogP contribution in [0.4, 0.5) is 4.39 Å². The number of nitrogens with zero attached hydrogens (tertiary/aromatic N) is 2. The fourth-order valence-electron chi connectivity index (χ4n) is 5.71. The largest absolute Gasteiger partial charge is 0.268 e. The summed E-state index contributed by atoms with van der Waals surface area (Å²) >= 11 is 0. The van der Waals surface area contributed by atoms with Gasteiger partial charge in [0.05, 0.1) is 11.4 Å². The first kappa shape index (κ1) is 23.7. The summed E-state index contributed by atoms with van der Waals surface area (Å²) in [5.41, 5.74) is 5.80. The molecule has 0 radical (unpaired) electrons. The van der Waals surface area contributed by atoms with E-state index in [1.165, 1.54) is 49.8 Å². The van der Waals surface area contributed by atoms with Crippen LogP contribution in [0.25, 0.3) is 11.1 Å². The Morgan fingerprint density at radius 2 is 1.88 bits per heavy atom. The summed E-state index contributed by atoms with van der Waals surface area (Å²) in [6, 6.07) is 5.72. The van der Waals surface area contributed by atoms with Crippen molar-refractivity contribution in [3.63, 3.8) is 0 Å². The van der Waals surface area contributed by atoms with Gasteiger partial charge in [0.25, 0.3) is 0 Å². The molecule has 0 bridgehead atoms. The molecule has 1 saturated carbocycles. The molecule has 1 atom stereocenters. The van der Waals surface area contributed by atoms with Gasteiger partial charge < -0.3 is 0 Å². The molecule has 4 rings (SSSR count). The molecule has 0 aliphatic heterocycles. The lowest BCUT2D eigenvalue weighted by atomic mass is 9.79. The minimum Gasteiger partial charge on any atom is -0.268 e. The molecular formula is C30H39FN2. The van der Waals surface area contributed by atoms with Gasteiger partial charge in [-0.05, 0) is 70.3 Å². The zero-order valence-electron chi connectivity index (χ0n) is 20.6. The van der Waals surface area contributed by atoms with Gasteiger partial charge in [-0.1, -0.05) is 67.3 Å². The molecule has 0 spiro atoms. The lowest BCUT2D eigenvalue weighted by Crippen LogP contribution is -2.21. The van der Waals surface area contributed by atoms with Gasteiger partial charge in [0, 0.05) is 23.6 Å². The van der Waals surface area contributed by atoms with Crippen LogP contribution in [-0.4, -0.2) is 9.78 Å². The van der Waals surface area contributed by atoms with E-state index in [1.807, 2.05) is 32.0 Å². The van der Waals surface area contributed by atoms with E-state index in [1.54, 1.807) is 0 Å². The van der Waals surface area contributed by atoms with Gasteiger partial charge in [0.2, 0.25) is 0 Å². The number of benzene rings is 1. The fourth-order valence-corrected chi connectivity index (χ4v) is 5.71. The fraction of sp³-hybridized carbons (Fsp3) is 0.500. The molecule has 2 nitrogen and oxygen atoms in total. The Morgan fingerprint density at radius 1 is 1.12 bits per heavy atom. The third-order valence-electron chi connectivity index (χ3n) is 7.57. The predicted molar refractivity (Wildman–Crippen MR) is 137 cm³/mol. The lowest BCUT2D eigenvalue weighted by molar-refractivity contribution is 0.233. The Morgan fingerprint density at radius 3 is 2.58 bits per heavy atom. The number of halogens is 1. The maximum absolute atomic E-state index is 15.2. The van der Waals surface area contributed by atoms with Crippen molar-refractivity contribution in [3.05, 3.63) is 77.4 Å². The van der Waals surface area contributed by atoms with Crippen molar-refractivity contribution in [1.29, 1.82) is 0 Å². The van der Waals surface area contributed by atoms with Crippen LogP contribution < -0.4 is 0 Å². The van der Waals surface area contributed by atoms with E-state index >= 15 is 4.39 Å². The van der Waals surface area contributed by atoms with Crippen molar-refractivity contribution in [1.82, 2.24) is 9.78 Å². The zero-order chi connectivity index (χ0) is 23.4. The Kier molecular flexibility index (Phi) is 7.67. The maximum Gasteiger partial charge on any atom is 0.134 e. The minimum atomic E-state index is -0.119. The average Bonchev–Trinajstić information content (AvgIpc) is 3.12. The van der Waals surface area contributed by atoms with Crippen LogP contribution in [0.1, 0.15) is 81.2 Å². The van der Waals surface area contributed by atoms with Gasteiger partial charge >= 0.3 is 0 Å². The summed E-state index contributed by atoms with van der Waals surface area (Å²) < 4.78 is 17.4. The molecule has 2 aliphatic rings. The number of aryl methyl sites for hydroxylation is 2. The summed E-state index contributed by atoms with van der Waals surface area (Å²) in [5.74, 6) is 1.64.